The summed E-state index contributed by atoms with van der Waals surface area (Å²) in [6.45, 7) is 0. The lowest BCUT2D eigenvalue weighted by molar-refractivity contribution is -0.137. The quantitative estimate of drug-likeness (QED) is 0.848. The molecule has 1 fully saturated rings. The molecule has 0 bridgehead atoms. The predicted molar refractivity (Wildman–Crippen MR) is 84.3 cm³/mol. The van der Waals surface area contributed by atoms with Crippen LogP contribution in [-0.2, 0) is 6.18 Å². The van der Waals surface area contributed by atoms with E-state index in [-0.39, 0.29) is 12.4 Å². The van der Waals surface area contributed by atoms with Gasteiger partial charge in [-0.1, -0.05) is 36.4 Å². The first kappa shape index (κ1) is 16.8. The summed E-state index contributed by atoms with van der Waals surface area (Å²) in [5, 5.41) is 3.25. The summed E-state index contributed by atoms with van der Waals surface area (Å²) in [5.41, 5.74) is 2.41. The minimum Gasteiger partial charge on any atom is -0.316 e. The monoisotopic (exact) mass is 327 g/mol. The van der Waals surface area contributed by atoms with Crippen LogP contribution in [0.15, 0.2) is 48.5 Å². The van der Waals surface area contributed by atoms with Crippen molar-refractivity contribution in [3.8, 4) is 11.1 Å². The topological polar surface area (TPSA) is 12.0 Å². The molecule has 3 rings (SSSR count). The Morgan fingerprint density at radius 1 is 0.909 bits per heavy atom. The standard InChI is InChI=1S/C17H16F3N.ClH/c1-21-16-10-15(16)13-4-2-11(3-5-13)12-6-8-14(9-7-12)17(18,19)20;/h2-9,15-16,21H,10H2,1H3;1H/t15-,16+;/m0./s1. The largest absolute Gasteiger partial charge is 0.416 e. The number of nitrogens with one attached hydrogen (secondary N) is 1. The fourth-order valence-corrected chi connectivity index (χ4v) is 2.66. The first-order valence-corrected chi connectivity index (χ1v) is 6.94. The van der Waals surface area contributed by atoms with Crippen LogP contribution in [0.2, 0.25) is 0 Å². The van der Waals surface area contributed by atoms with Crippen molar-refractivity contribution in [2.24, 2.45) is 0 Å². The lowest BCUT2D eigenvalue weighted by Crippen LogP contribution is -2.10. The van der Waals surface area contributed by atoms with Gasteiger partial charge >= 0.3 is 6.18 Å². The first-order chi connectivity index (χ1) is 9.99. The highest BCUT2D eigenvalue weighted by Crippen LogP contribution is 2.41. The van der Waals surface area contributed by atoms with Crippen LogP contribution in [0, 0.1) is 0 Å². The van der Waals surface area contributed by atoms with Crippen molar-refractivity contribution < 1.29 is 13.2 Å². The number of benzene rings is 2. The summed E-state index contributed by atoms with van der Waals surface area (Å²) in [7, 11) is 1.96. The van der Waals surface area contributed by atoms with Gasteiger partial charge in [0, 0.05) is 12.0 Å². The molecule has 2 aromatic rings. The van der Waals surface area contributed by atoms with Crippen LogP contribution >= 0.6 is 12.4 Å². The highest BCUT2D eigenvalue weighted by Gasteiger charge is 2.36. The van der Waals surface area contributed by atoms with Gasteiger partial charge in [0.25, 0.3) is 0 Å². The van der Waals surface area contributed by atoms with Gasteiger partial charge in [-0.25, -0.2) is 0 Å². The second-order valence-electron chi connectivity index (χ2n) is 5.43. The molecule has 1 N–H and O–H groups in total. The van der Waals surface area contributed by atoms with Crippen LogP contribution < -0.4 is 5.32 Å². The van der Waals surface area contributed by atoms with Gasteiger partial charge in [-0.2, -0.15) is 13.2 Å². The Kier molecular flexibility index (Phi) is 4.83. The van der Waals surface area contributed by atoms with Crippen LogP contribution in [0.3, 0.4) is 0 Å². The molecule has 2 aromatic carbocycles. The Morgan fingerprint density at radius 2 is 1.41 bits per heavy atom. The molecule has 1 aliphatic carbocycles. The van der Waals surface area contributed by atoms with Crippen LogP contribution in [0.4, 0.5) is 13.2 Å². The SMILES string of the molecule is CN[C@@H]1C[C@H]1c1ccc(-c2ccc(C(F)(F)F)cc2)cc1.Cl. The first-order valence-electron chi connectivity index (χ1n) is 6.94. The minimum atomic E-state index is -4.28. The highest BCUT2D eigenvalue weighted by molar-refractivity contribution is 5.85. The molecule has 2 atom stereocenters. The van der Waals surface area contributed by atoms with Crippen molar-refractivity contribution in [2.75, 3.05) is 7.05 Å². The summed E-state index contributed by atoms with van der Waals surface area (Å²) >= 11 is 0. The molecule has 1 saturated carbocycles. The van der Waals surface area contributed by atoms with Crippen molar-refractivity contribution in [1.82, 2.24) is 5.32 Å². The maximum Gasteiger partial charge on any atom is 0.416 e. The molecule has 1 aliphatic rings. The molecule has 0 spiro atoms. The molecule has 0 heterocycles. The minimum absolute atomic E-state index is 0. The number of hydrogen-bond donors (Lipinski definition) is 1. The maximum atomic E-state index is 12.5. The summed E-state index contributed by atoms with van der Waals surface area (Å²) in [6.07, 6.45) is -3.13. The van der Waals surface area contributed by atoms with Gasteiger partial charge in [0.15, 0.2) is 0 Å². The predicted octanol–water partition coefficient (Wildman–Crippen LogP) is 4.87. The van der Waals surface area contributed by atoms with E-state index >= 15 is 0 Å². The summed E-state index contributed by atoms with van der Waals surface area (Å²) in [4.78, 5) is 0. The normalized spacial score (nSPS) is 20.4. The van der Waals surface area contributed by atoms with Crippen LogP contribution in [-0.4, -0.2) is 13.1 Å². The molecule has 0 amide bonds. The summed E-state index contributed by atoms with van der Waals surface area (Å²) < 4.78 is 37.6. The Bertz CT molecular complexity index is 620. The van der Waals surface area contributed by atoms with E-state index in [2.05, 4.69) is 17.4 Å². The summed E-state index contributed by atoms with van der Waals surface area (Å²) in [5.74, 6) is 0.566. The second-order valence-corrected chi connectivity index (χ2v) is 5.43. The van der Waals surface area contributed by atoms with Crippen molar-refractivity contribution in [2.45, 2.75) is 24.6 Å². The van der Waals surface area contributed by atoms with E-state index in [1.54, 1.807) is 0 Å². The molecule has 0 aromatic heterocycles. The van der Waals surface area contributed by atoms with E-state index in [1.165, 1.54) is 17.7 Å². The molecule has 0 unspecified atom stereocenters. The third kappa shape index (κ3) is 3.45. The molecule has 0 radical (unpaired) electrons. The van der Waals surface area contributed by atoms with E-state index in [4.69, 9.17) is 0 Å². The third-order valence-electron chi connectivity index (χ3n) is 4.05. The van der Waals surface area contributed by atoms with E-state index in [1.807, 2.05) is 19.2 Å². The number of rotatable bonds is 3. The number of halogens is 4. The van der Waals surface area contributed by atoms with Crippen LogP contribution in [0.5, 0.6) is 0 Å². The van der Waals surface area contributed by atoms with Gasteiger partial charge < -0.3 is 5.32 Å². The highest BCUT2D eigenvalue weighted by atomic mass is 35.5. The number of alkyl halides is 3. The zero-order valence-corrected chi connectivity index (χ0v) is 12.8. The van der Waals surface area contributed by atoms with Crippen molar-refractivity contribution >= 4 is 12.4 Å². The fourth-order valence-electron chi connectivity index (χ4n) is 2.66. The molecular weight excluding hydrogens is 311 g/mol. The maximum absolute atomic E-state index is 12.5. The smallest absolute Gasteiger partial charge is 0.316 e. The Hall–Kier alpha value is -1.52. The molecule has 0 aliphatic heterocycles. The average Bonchev–Trinajstić information content (AvgIpc) is 3.26. The van der Waals surface area contributed by atoms with E-state index in [9.17, 15) is 13.2 Å². The summed E-state index contributed by atoms with van der Waals surface area (Å²) in [6, 6.07) is 13.9. The second kappa shape index (κ2) is 6.31. The van der Waals surface area contributed by atoms with Gasteiger partial charge in [0.2, 0.25) is 0 Å². The van der Waals surface area contributed by atoms with Gasteiger partial charge in [0.05, 0.1) is 5.56 Å². The third-order valence-corrected chi connectivity index (χ3v) is 4.05. The molecule has 5 heteroatoms. The van der Waals surface area contributed by atoms with E-state index in [0.29, 0.717) is 12.0 Å². The van der Waals surface area contributed by atoms with Crippen molar-refractivity contribution in [1.29, 1.82) is 0 Å². The van der Waals surface area contributed by atoms with Crippen molar-refractivity contribution in [3.63, 3.8) is 0 Å². The zero-order chi connectivity index (χ0) is 15.0. The Morgan fingerprint density at radius 3 is 1.82 bits per heavy atom. The molecule has 1 nitrogen and oxygen atoms in total. The van der Waals surface area contributed by atoms with Gasteiger partial charge in [-0.15, -0.1) is 12.4 Å². The van der Waals surface area contributed by atoms with E-state index < -0.39 is 11.7 Å². The molecule has 22 heavy (non-hydrogen) atoms. The van der Waals surface area contributed by atoms with Gasteiger partial charge in [-0.3, -0.25) is 0 Å². The number of likely N-dealkylation sites (N-methyl/N-ethyl adjacent to an activating group) is 1. The van der Waals surface area contributed by atoms with Crippen molar-refractivity contribution in [3.05, 3.63) is 59.7 Å². The van der Waals surface area contributed by atoms with Crippen LogP contribution in [0.25, 0.3) is 11.1 Å². The lowest BCUT2D eigenvalue weighted by Gasteiger charge is -2.08. The van der Waals surface area contributed by atoms with E-state index in [0.717, 1.165) is 29.7 Å². The molecular formula is C17H17ClF3N. The van der Waals surface area contributed by atoms with Gasteiger partial charge in [0.1, 0.15) is 0 Å². The number of hydrogen-bond acceptors (Lipinski definition) is 1. The zero-order valence-electron chi connectivity index (χ0n) is 12.0. The molecule has 0 saturated heterocycles. The Balaban J connectivity index is 0.00000176. The lowest BCUT2D eigenvalue weighted by atomic mass is 10.0. The Labute approximate surface area is 134 Å². The molecule has 118 valence electrons. The fraction of sp³-hybridized carbons (Fsp3) is 0.294. The van der Waals surface area contributed by atoms with Crippen LogP contribution in [0.1, 0.15) is 23.5 Å². The van der Waals surface area contributed by atoms with Gasteiger partial charge in [-0.05, 0) is 42.3 Å². The average molecular weight is 328 g/mol.